The average Bonchev–Trinajstić information content (AvgIpc) is 3.38. The molecule has 8 heteroatoms. The summed E-state index contributed by atoms with van der Waals surface area (Å²) in [6.45, 7) is 2.80. The summed E-state index contributed by atoms with van der Waals surface area (Å²) in [5, 5.41) is 17.5. The Morgan fingerprint density at radius 1 is 1.24 bits per heavy atom. The second-order valence-corrected chi connectivity index (χ2v) is 7.39. The fourth-order valence-electron chi connectivity index (χ4n) is 3.99. The molecule has 1 amide bonds. The van der Waals surface area contributed by atoms with Gasteiger partial charge in [0.2, 0.25) is 5.91 Å². The number of aromatic amines is 2. The monoisotopic (exact) mass is 394 g/mol. The molecule has 4 rings (SSSR count). The number of piperidine rings is 1. The molecule has 0 saturated carbocycles. The van der Waals surface area contributed by atoms with Crippen LogP contribution >= 0.6 is 0 Å². The summed E-state index contributed by atoms with van der Waals surface area (Å²) in [4.78, 5) is 14.3. The normalized spacial score (nSPS) is 17.3. The predicted molar refractivity (Wildman–Crippen MR) is 110 cm³/mol. The Morgan fingerprint density at radius 3 is 2.90 bits per heavy atom. The van der Waals surface area contributed by atoms with Crippen molar-refractivity contribution in [2.45, 2.75) is 25.3 Å². The molecule has 0 radical (unpaired) electrons. The molecule has 0 unspecified atom stereocenters. The van der Waals surface area contributed by atoms with Gasteiger partial charge in [-0.05, 0) is 24.9 Å². The SMILES string of the molecule is COCC(=O)Nc1cn[nH]c1[C@@H]1CCCN(Cc2cn[nH]c2-c2ccccc2)C1. The van der Waals surface area contributed by atoms with Gasteiger partial charge in [-0.2, -0.15) is 10.2 Å². The molecule has 0 bridgehead atoms. The van der Waals surface area contributed by atoms with Gasteiger partial charge in [0, 0.05) is 31.7 Å². The van der Waals surface area contributed by atoms with E-state index in [1.54, 1.807) is 6.20 Å². The molecule has 2 aromatic heterocycles. The van der Waals surface area contributed by atoms with E-state index in [0.29, 0.717) is 0 Å². The number of aromatic nitrogens is 4. The van der Waals surface area contributed by atoms with Crippen LogP contribution in [0.3, 0.4) is 0 Å². The highest BCUT2D eigenvalue weighted by Crippen LogP contribution is 2.32. The molecule has 8 nitrogen and oxygen atoms in total. The third kappa shape index (κ3) is 4.55. The molecule has 3 heterocycles. The average molecular weight is 394 g/mol. The van der Waals surface area contributed by atoms with Gasteiger partial charge >= 0.3 is 0 Å². The van der Waals surface area contributed by atoms with E-state index in [1.807, 2.05) is 24.4 Å². The van der Waals surface area contributed by atoms with Crippen molar-refractivity contribution >= 4 is 11.6 Å². The lowest BCUT2D eigenvalue weighted by atomic mass is 9.93. The lowest BCUT2D eigenvalue weighted by molar-refractivity contribution is -0.119. The Hall–Kier alpha value is -2.97. The third-order valence-corrected chi connectivity index (χ3v) is 5.31. The van der Waals surface area contributed by atoms with Crippen LogP contribution in [0, 0.1) is 0 Å². The third-order valence-electron chi connectivity index (χ3n) is 5.31. The lowest BCUT2D eigenvalue weighted by Crippen LogP contribution is -2.34. The van der Waals surface area contributed by atoms with E-state index in [9.17, 15) is 4.79 Å². The number of hydrogen-bond donors (Lipinski definition) is 3. The maximum absolute atomic E-state index is 11.9. The lowest BCUT2D eigenvalue weighted by Gasteiger charge is -2.32. The quantitative estimate of drug-likeness (QED) is 0.572. The molecule has 3 N–H and O–H groups in total. The first-order valence-corrected chi connectivity index (χ1v) is 9.86. The molecule has 1 aliphatic rings. The van der Waals surface area contributed by atoms with Gasteiger partial charge in [-0.15, -0.1) is 0 Å². The first-order chi connectivity index (χ1) is 14.2. The Morgan fingerprint density at radius 2 is 2.07 bits per heavy atom. The zero-order valence-corrected chi connectivity index (χ0v) is 16.5. The minimum absolute atomic E-state index is 0.0319. The number of hydrogen-bond acceptors (Lipinski definition) is 5. The number of likely N-dealkylation sites (tertiary alicyclic amines) is 1. The van der Waals surface area contributed by atoms with Gasteiger partial charge < -0.3 is 10.1 Å². The molecule has 1 fully saturated rings. The van der Waals surface area contributed by atoms with Crippen LogP contribution in [0.5, 0.6) is 0 Å². The van der Waals surface area contributed by atoms with Crippen molar-refractivity contribution in [1.29, 1.82) is 0 Å². The van der Waals surface area contributed by atoms with Crippen molar-refractivity contribution in [3.8, 4) is 11.3 Å². The van der Waals surface area contributed by atoms with E-state index in [-0.39, 0.29) is 18.4 Å². The summed E-state index contributed by atoms with van der Waals surface area (Å²) in [5.41, 5.74) is 5.13. The molecule has 0 spiro atoms. The highest BCUT2D eigenvalue weighted by atomic mass is 16.5. The molecular formula is C21H26N6O2. The van der Waals surface area contributed by atoms with Gasteiger partial charge in [0.25, 0.3) is 0 Å². The number of carbonyl (C=O) groups excluding carboxylic acids is 1. The molecule has 3 aromatic rings. The summed E-state index contributed by atoms with van der Waals surface area (Å²) in [5.74, 6) is 0.116. The first kappa shape index (κ1) is 19.4. The molecule has 1 aromatic carbocycles. The highest BCUT2D eigenvalue weighted by Gasteiger charge is 2.26. The fraction of sp³-hybridized carbons (Fsp3) is 0.381. The zero-order valence-electron chi connectivity index (χ0n) is 16.5. The fourth-order valence-corrected chi connectivity index (χ4v) is 3.99. The number of methoxy groups -OCH3 is 1. The second kappa shape index (κ2) is 9.02. The van der Waals surface area contributed by atoms with Gasteiger partial charge in [-0.25, -0.2) is 0 Å². The Labute approximate surface area is 169 Å². The maximum Gasteiger partial charge on any atom is 0.250 e. The van der Waals surface area contributed by atoms with Gasteiger partial charge in [-0.3, -0.25) is 19.9 Å². The van der Waals surface area contributed by atoms with Crippen molar-refractivity contribution in [2.75, 3.05) is 32.1 Å². The van der Waals surface area contributed by atoms with E-state index in [0.717, 1.165) is 55.1 Å². The van der Waals surface area contributed by atoms with E-state index >= 15 is 0 Å². The maximum atomic E-state index is 11.9. The summed E-state index contributed by atoms with van der Waals surface area (Å²) < 4.78 is 4.90. The number of anilines is 1. The largest absolute Gasteiger partial charge is 0.375 e. The van der Waals surface area contributed by atoms with Crippen molar-refractivity contribution in [3.05, 3.63) is 54.0 Å². The highest BCUT2D eigenvalue weighted by molar-refractivity contribution is 5.92. The van der Waals surface area contributed by atoms with E-state index < -0.39 is 0 Å². The van der Waals surface area contributed by atoms with E-state index in [4.69, 9.17) is 4.74 Å². The van der Waals surface area contributed by atoms with Gasteiger partial charge in [0.1, 0.15) is 6.61 Å². The van der Waals surface area contributed by atoms with Crippen molar-refractivity contribution in [2.24, 2.45) is 0 Å². The summed E-state index contributed by atoms with van der Waals surface area (Å²) in [6, 6.07) is 10.3. The number of amides is 1. The Balaban J connectivity index is 1.45. The van der Waals surface area contributed by atoms with Crippen LogP contribution in [-0.4, -0.2) is 58.0 Å². The number of ether oxygens (including phenoxy) is 1. The molecule has 29 heavy (non-hydrogen) atoms. The number of nitrogens with one attached hydrogen (secondary N) is 3. The molecular weight excluding hydrogens is 368 g/mol. The Kier molecular flexibility index (Phi) is 6.02. The number of H-pyrrole nitrogens is 2. The van der Waals surface area contributed by atoms with Gasteiger partial charge in [0.15, 0.2) is 0 Å². The number of benzene rings is 1. The van der Waals surface area contributed by atoms with Crippen molar-refractivity contribution in [1.82, 2.24) is 25.3 Å². The first-order valence-electron chi connectivity index (χ1n) is 9.86. The zero-order chi connectivity index (χ0) is 20.1. The molecule has 1 aliphatic heterocycles. The van der Waals surface area contributed by atoms with Crippen LogP contribution in [0.2, 0.25) is 0 Å². The topological polar surface area (TPSA) is 98.9 Å². The standard InChI is InChI=1S/C21H26N6O2/c1-29-14-19(28)24-18-11-23-26-21(18)16-8-5-9-27(12-16)13-17-10-22-25-20(17)15-6-3-2-4-7-15/h2-4,6-7,10-11,16H,5,8-9,12-14H2,1H3,(H,22,25)(H,23,26)(H,24,28)/t16-/m1/s1. The minimum Gasteiger partial charge on any atom is -0.375 e. The summed E-state index contributed by atoms with van der Waals surface area (Å²) >= 11 is 0. The molecule has 1 saturated heterocycles. The van der Waals surface area contributed by atoms with Crippen LogP contribution in [-0.2, 0) is 16.1 Å². The van der Waals surface area contributed by atoms with Gasteiger partial charge in [0.05, 0.1) is 29.5 Å². The Bertz CT molecular complexity index is 936. The number of nitrogens with zero attached hydrogens (tertiary/aromatic N) is 3. The number of rotatable bonds is 7. The van der Waals surface area contributed by atoms with Crippen LogP contribution in [0.1, 0.15) is 30.0 Å². The summed E-state index contributed by atoms with van der Waals surface area (Å²) in [7, 11) is 1.51. The van der Waals surface area contributed by atoms with Crippen molar-refractivity contribution < 1.29 is 9.53 Å². The van der Waals surface area contributed by atoms with Crippen LogP contribution in [0.15, 0.2) is 42.7 Å². The van der Waals surface area contributed by atoms with Crippen LogP contribution in [0.4, 0.5) is 5.69 Å². The second-order valence-electron chi connectivity index (χ2n) is 7.39. The summed E-state index contributed by atoms with van der Waals surface area (Å²) in [6.07, 6.45) is 5.74. The van der Waals surface area contributed by atoms with Crippen molar-refractivity contribution in [3.63, 3.8) is 0 Å². The smallest absolute Gasteiger partial charge is 0.250 e. The number of carbonyl (C=O) groups is 1. The minimum atomic E-state index is -0.172. The molecule has 1 atom stereocenters. The van der Waals surface area contributed by atoms with Crippen LogP contribution in [0.25, 0.3) is 11.3 Å². The van der Waals surface area contributed by atoms with E-state index in [1.165, 1.54) is 12.7 Å². The predicted octanol–water partition coefficient (Wildman–Crippen LogP) is 2.76. The molecule has 0 aliphatic carbocycles. The van der Waals surface area contributed by atoms with E-state index in [2.05, 4.69) is 42.7 Å². The van der Waals surface area contributed by atoms with Gasteiger partial charge in [-0.1, -0.05) is 30.3 Å². The molecule has 152 valence electrons. The van der Waals surface area contributed by atoms with Crippen LogP contribution < -0.4 is 5.32 Å².